The first-order valence-electron chi connectivity index (χ1n) is 6.23. The van der Waals surface area contributed by atoms with Crippen LogP contribution in [-0.4, -0.2) is 63.0 Å². The zero-order valence-corrected chi connectivity index (χ0v) is 13.0. The van der Waals surface area contributed by atoms with Gasteiger partial charge >= 0.3 is 6.03 Å². The standard InChI is InChI=1S/C12H18N4O3S/c1-7(17)6-8(18)16-10(20)15(5)12(3)11(16,2)13-9(19)14(12)4/h6H2,1-5H3,(H,13,19)/t11-,12+/m0/s1. The molecule has 2 aliphatic rings. The van der Waals surface area contributed by atoms with E-state index in [4.69, 9.17) is 12.2 Å². The number of carbonyl (C=O) groups is 3. The number of hydrogen-bond acceptors (Lipinski definition) is 4. The van der Waals surface area contributed by atoms with Crippen LogP contribution in [0.5, 0.6) is 0 Å². The number of carbonyl (C=O) groups excluding carboxylic acids is 3. The molecule has 2 aliphatic heterocycles. The Labute approximate surface area is 122 Å². The summed E-state index contributed by atoms with van der Waals surface area (Å²) in [6, 6.07) is -0.287. The summed E-state index contributed by atoms with van der Waals surface area (Å²) < 4.78 is 0. The van der Waals surface area contributed by atoms with Gasteiger partial charge in [0.05, 0.1) is 6.42 Å². The fourth-order valence-electron chi connectivity index (χ4n) is 2.93. The highest BCUT2D eigenvalue weighted by atomic mass is 32.1. The maximum atomic E-state index is 12.3. The zero-order chi connectivity index (χ0) is 15.5. The molecule has 2 heterocycles. The van der Waals surface area contributed by atoms with Crippen LogP contribution in [-0.2, 0) is 9.59 Å². The van der Waals surface area contributed by atoms with E-state index in [0.29, 0.717) is 5.11 Å². The number of ketones is 1. The highest BCUT2D eigenvalue weighted by Crippen LogP contribution is 2.44. The lowest BCUT2D eigenvalue weighted by molar-refractivity contribution is -0.136. The first-order chi connectivity index (χ1) is 9.07. The molecule has 0 bridgehead atoms. The highest BCUT2D eigenvalue weighted by Gasteiger charge is 2.69. The van der Waals surface area contributed by atoms with E-state index in [1.165, 1.54) is 16.7 Å². The smallest absolute Gasteiger partial charge is 0.321 e. The number of rotatable bonds is 2. The van der Waals surface area contributed by atoms with Crippen LogP contribution in [0.15, 0.2) is 0 Å². The number of nitrogens with one attached hydrogen (secondary N) is 1. The Balaban J connectivity index is 2.50. The Morgan fingerprint density at radius 2 is 1.80 bits per heavy atom. The first-order valence-corrected chi connectivity index (χ1v) is 6.64. The topological polar surface area (TPSA) is 73.0 Å². The van der Waals surface area contributed by atoms with Crippen molar-refractivity contribution < 1.29 is 14.4 Å². The Hall–Kier alpha value is -1.70. The Kier molecular flexibility index (Phi) is 3.05. The second-order valence-corrected chi connectivity index (χ2v) is 5.90. The van der Waals surface area contributed by atoms with Crippen molar-refractivity contribution in [3.8, 4) is 0 Å². The van der Waals surface area contributed by atoms with Crippen LogP contribution in [0.25, 0.3) is 0 Å². The molecule has 0 unspecified atom stereocenters. The fourth-order valence-corrected chi connectivity index (χ4v) is 3.39. The lowest BCUT2D eigenvalue weighted by Crippen LogP contribution is -2.64. The molecule has 0 aromatic carbocycles. The summed E-state index contributed by atoms with van der Waals surface area (Å²) in [6.07, 6.45) is -0.237. The van der Waals surface area contributed by atoms with Gasteiger partial charge in [0, 0.05) is 14.1 Å². The molecule has 2 atom stereocenters. The van der Waals surface area contributed by atoms with Gasteiger partial charge in [-0.05, 0) is 33.0 Å². The van der Waals surface area contributed by atoms with Gasteiger partial charge in [0.25, 0.3) is 0 Å². The average Bonchev–Trinajstić information content (AvgIpc) is 2.58. The van der Waals surface area contributed by atoms with Gasteiger partial charge in [-0.15, -0.1) is 0 Å². The summed E-state index contributed by atoms with van der Waals surface area (Å²) in [5, 5.41) is 3.10. The number of hydrogen-bond donors (Lipinski definition) is 1. The molecule has 0 aromatic rings. The lowest BCUT2D eigenvalue weighted by Gasteiger charge is -2.41. The van der Waals surface area contributed by atoms with Crippen molar-refractivity contribution in [2.24, 2.45) is 0 Å². The van der Waals surface area contributed by atoms with Crippen molar-refractivity contribution in [2.75, 3.05) is 14.1 Å². The molecule has 2 rings (SSSR count). The van der Waals surface area contributed by atoms with Gasteiger partial charge in [0.1, 0.15) is 5.78 Å². The van der Waals surface area contributed by atoms with Crippen molar-refractivity contribution in [1.29, 1.82) is 0 Å². The van der Waals surface area contributed by atoms with Crippen molar-refractivity contribution in [3.05, 3.63) is 0 Å². The molecule has 7 nitrogen and oxygen atoms in total. The first kappa shape index (κ1) is 14.7. The molecule has 20 heavy (non-hydrogen) atoms. The molecular weight excluding hydrogens is 280 g/mol. The molecule has 1 N–H and O–H groups in total. The Morgan fingerprint density at radius 1 is 1.25 bits per heavy atom. The van der Waals surface area contributed by atoms with Gasteiger partial charge in [0.15, 0.2) is 16.4 Å². The molecule has 2 saturated heterocycles. The average molecular weight is 298 g/mol. The third-order valence-electron chi connectivity index (χ3n) is 4.46. The molecule has 3 amide bonds. The largest absolute Gasteiger partial charge is 0.325 e. The molecule has 0 saturated carbocycles. The summed E-state index contributed by atoms with van der Waals surface area (Å²) >= 11 is 5.32. The minimum atomic E-state index is -1.00. The summed E-state index contributed by atoms with van der Waals surface area (Å²) in [4.78, 5) is 40.1. The van der Waals surface area contributed by atoms with Crippen molar-refractivity contribution in [1.82, 2.24) is 20.0 Å². The highest BCUT2D eigenvalue weighted by molar-refractivity contribution is 7.80. The second-order valence-electron chi connectivity index (χ2n) is 5.53. The van der Waals surface area contributed by atoms with E-state index in [1.54, 1.807) is 25.9 Å². The van der Waals surface area contributed by atoms with E-state index in [-0.39, 0.29) is 18.2 Å². The maximum Gasteiger partial charge on any atom is 0.321 e. The predicted octanol–water partition coefficient (Wildman–Crippen LogP) is 0.112. The maximum absolute atomic E-state index is 12.3. The van der Waals surface area contributed by atoms with Crippen LogP contribution in [0.2, 0.25) is 0 Å². The third kappa shape index (κ3) is 1.51. The van der Waals surface area contributed by atoms with Gasteiger partial charge in [-0.25, -0.2) is 4.79 Å². The molecule has 0 spiro atoms. The molecule has 0 radical (unpaired) electrons. The predicted molar refractivity (Wildman–Crippen MR) is 75.6 cm³/mol. The fraction of sp³-hybridized carbons (Fsp3) is 0.667. The SMILES string of the molecule is CC(=O)CC(=O)N1C(=S)N(C)[C@@]2(C)N(C)C(=O)N[C@@]12C. The van der Waals surface area contributed by atoms with Gasteiger partial charge in [-0.1, -0.05) is 0 Å². The normalized spacial score (nSPS) is 32.5. The molecule has 0 aliphatic carbocycles. The van der Waals surface area contributed by atoms with Crippen LogP contribution in [0.3, 0.4) is 0 Å². The minimum absolute atomic E-state index is 0.237. The van der Waals surface area contributed by atoms with Gasteiger partial charge in [-0.2, -0.15) is 0 Å². The molecule has 8 heteroatoms. The Morgan fingerprint density at radius 3 is 2.30 bits per heavy atom. The number of urea groups is 1. The van der Waals surface area contributed by atoms with Crippen LogP contribution in [0, 0.1) is 0 Å². The third-order valence-corrected chi connectivity index (χ3v) is 4.91. The molecule has 2 fully saturated rings. The lowest BCUT2D eigenvalue weighted by atomic mass is 9.96. The van der Waals surface area contributed by atoms with E-state index >= 15 is 0 Å². The van der Waals surface area contributed by atoms with Crippen LogP contribution >= 0.6 is 12.2 Å². The van der Waals surface area contributed by atoms with Crippen molar-refractivity contribution in [3.63, 3.8) is 0 Å². The molecule has 110 valence electrons. The molecular formula is C12H18N4O3S. The number of amides is 3. The van der Waals surface area contributed by atoms with Crippen LogP contribution in [0.4, 0.5) is 4.79 Å². The monoisotopic (exact) mass is 298 g/mol. The number of thiocarbonyl (C=S) groups is 1. The van der Waals surface area contributed by atoms with Gasteiger partial charge in [-0.3, -0.25) is 14.5 Å². The quantitative estimate of drug-likeness (QED) is 0.579. The number of Topliss-reactive ketones (excluding diaryl/α,β-unsaturated/α-hetero) is 1. The second kappa shape index (κ2) is 4.15. The van der Waals surface area contributed by atoms with E-state index in [9.17, 15) is 14.4 Å². The van der Waals surface area contributed by atoms with Gasteiger partial charge in [0.2, 0.25) is 5.91 Å². The summed E-state index contributed by atoms with van der Waals surface area (Å²) in [6.45, 7) is 4.92. The van der Waals surface area contributed by atoms with Crippen molar-refractivity contribution in [2.45, 2.75) is 38.5 Å². The molecule has 0 aromatic heterocycles. The summed E-state index contributed by atoms with van der Waals surface area (Å²) in [5.74, 6) is -0.647. The van der Waals surface area contributed by atoms with E-state index < -0.39 is 17.2 Å². The van der Waals surface area contributed by atoms with Crippen molar-refractivity contribution >= 4 is 35.1 Å². The van der Waals surface area contributed by atoms with E-state index in [1.807, 2.05) is 6.92 Å². The zero-order valence-electron chi connectivity index (χ0n) is 12.2. The van der Waals surface area contributed by atoms with E-state index in [0.717, 1.165) is 0 Å². The van der Waals surface area contributed by atoms with E-state index in [2.05, 4.69) is 5.32 Å². The number of likely N-dealkylation sites (N-methyl/N-ethyl adjacent to an activating group) is 2. The summed E-state index contributed by atoms with van der Waals surface area (Å²) in [7, 11) is 3.39. The number of nitrogens with zero attached hydrogens (tertiary/aromatic N) is 3. The van der Waals surface area contributed by atoms with Crippen LogP contribution in [0.1, 0.15) is 27.2 Å². The number of fused-ring (bicyclic) bond motifs is 1. The van der Waals surface area contributed by atoms with Crippen LogP contribution < -0.4 is 5.32 Å². The summed E-state index contributed by atoms with van der Waals surface area (Å²) in [5.41, 5.74) is -1.80. The minimum Gasteiger partial charge on any atom is -0.325 e. The Bertz CT molecular complexity index is 537. The van der Waals surface area contributed by atoms with Gasteiger partial charge < -0.3 is 15.1 Å².